The first-order valence-corrected chi connectivity index (χ1v) is 7.50. The van der Waals surface area contributed by atoms with Crippen molar-refractivity contribution in [3.05, 3.63) is 64.2 Å². The third kappa shape index (κ3) is 4.18. The third-order valence-electron chi connectivity index (χ3n) is 3.37. The molecular weight excluding hydrogens is 298 g/mol. The normalized spacial score (nSPS) is 10.3. The van der Waals surface area contributed by atoms with Gasteiger partial charge in [-0.15, -0.1) is 0 Å². The van der Waals surface area contributed by atoms with E-state index in [-0.39, 0.29) is 24.5 Å². The number of halogens is 1. The van der Waals surface area contributed by atoms with Crippen molar-refractivity contribution in [3.8, 4) is 0 Å². The molecule has 0 saturated carbocycles. The van der Waals surface area contributed by atoms with Crippen molar-refractivity contribution >= 4 is 29.0 Å². The first kappa shape index (κ1) is 16.2. The number of amides is 1. The number of nitrogens with one attached hydrogen (secondary N) is 1. The molecule has 0 aliphatic heterocycles. The molecule has 4 heteroatoms. The van der Waals surface area contributed by atoms with Crippen LogP contribution in [-0.2, 0) is 4.79 Å². The molecule has 2 aromatic rings. The fourth-order valence-corrected chi connectivity index (χ4v) is 2.64. The Hall–Kier alpha value is -2.13. The number of ketones is 1. The molecule has 0 aromatic heterocycles. The Balaban J connectivity index is 1.95. The van der Waals surface area contributed by atoms with Crippen LogP contribution in [0.3, 0.4) is 0 Å². The summed E-state index contributed by atoms with van der Waals surface area (Å²) in [6.07, 6.45) is 0.315. The van der Waals surface area contributed by atoms with Crippen molar-refractivity contribution in [1.29, 1.82) is 0 Å². The van der Waals surface area contributed by atoms with Crippen LogP contribution in [0.1, 0.15) is 34.3 Å². The van der Waals surface area contributed by atoms with Gasteiger partial charge in [0.2, 0.25) is 5.91 Å². The van der Waals surface area contributed by atoms with E-state index in [1.54, 1.807) is 18.2 Å². The Kier molecular flexibility index (Phi) is 5.34. The van der Waals surface area contributed by atoms with Crippen LogP contribution < -0.4 is 5.32 Å². The SMILES string of the molecule is Cc1cc(C)c(NC(=O)CCC(=O)c2ccccc2)c(Cl)c1. The van der Waals surface area contributed by atoms with Gasteiger partial charge in [-0.1, -0.05) is 48.0 Å². The highest BCUT2D eigenvalue weighted by Crippen LogP contribution is 2.27. The van der Waals surface area contributed by atoms with E-state index >= 15 is 0 Å². The number of hydrogen-bond donors (Lipinski definition) is 1. The van der Waals surface area contributed by atoms with Gasteiger partial charge < -0.3 is 5.32 Å². The summed E-state index contributed by atoms with van der Waals surface area (Å²) >= 11 is 6.16. The maximum absolute atomic E-state index is 12.0. The minimum Gasteiger partial charge on any atom is -0.325 e. The second kappa shape index (κ2) is 7.23. The molecule has 2 rings (SSSR count). The predicted octanol–water partition coefficient (Wildman–Crippen LogP) is 4.56. The van der Waals surface area contributed by atoms with Gasteiger partial charge >= 0.3 is 0 Å². The van der Waals surface area contributed by atoms with Gasteiger partial charge in [0.1, 0.15) is 0 Å². The largest absolute Gasteiger partial charge is 0.325 e. The summed E-state index contributed by atoms with van der Waals surface area (Å²) in [6, 6.07) is 12.7. The number of rotatable bonds is 5. The Morgan fingerprint density at radius 1 is 1.05 bits per heavy atom. The zero-order valence-electron chi connectivity index (χ0n) is 12.7. The highest BCUT2D eigenvalue weighted by atomic mass is 35.5. The van der Waals surface area contributed by atoms with E-state index < -0.39 is 0 Å². The van der Waals surface area contributed by atoms with Crippen molar-refractivity contribution in [2.75, 3.05) is 5.32 Å². The highest BCUT2D eigenvalue weighted by molar-refractivity contribution is 6.34. The molecule has 2 aromatic carbocycles. The summed E-state index contributed by atoms with van der Waals surface area (Å²) in [4.78, 5) is 24.0. The minimum absolute atomic E-state index is 0.0394. The molecule has 0 heterocycles. The van der Waals surface area contributed by atoms with Crippen LogP contribution in [0.25, 0.3) is 0 Å². The van der Waals surface area contributed by atoms with Crippen LogP contribution >= 0.6 is 11.6 Å². The summed E-state index contributed by atoms with van der Waals surface area (Å²) in [6.45, 7) is 3.84. The van der Waals surface area contributed by atoms with Crippen LogP contribution in [-0.4, -0.2) is 11.7 Å². The lowest BCUT2D eigenvalue weighted by molar-refractivity contribution is -0.116. The minimum atomic E-state index is -0.210. The van der Waals surface area contributed by atoms with Crippen LogP contribution in [0.5, 0.6) is 0 Å². The fourth-order valence-electron chi connectivity index (χ4n) is 2.27. The van der Waals surface area contributed by atoms with E-state index in [4.69, 9.17) is 11.6 Å². The number of Topliss-reactive ketones (excluding diaryl/α,β-unsaturated/α-hetero) is 1. The lowest BCUT2D eigenvalue weighted by Gasteiger charge is -2.11. The molecular formula is C18H18ClNO2. The second-order valence-electron chi connectivity index (χ2n) is 5.28. The molecule has 3 nitrogen and oxygen atoms in total. The number of anilines is 1. The molecule has 0 atom stereocenters. The third-order valence-corrected chi connectivity index (χ3v) is 3.67. The van der Waals surface area contributed by atoms with Crippen molar-refractivity contribution in [2.24, 2.45) is 0 Å². The quantitative estimate of drug-likeness (QED) is 0.822. The Morgan fingerprint density at radius 2 is 1.73 bits per heavy atom. The van der Waals surface area contributed by atoms with Crippen molar-refractivity contribution in [2.45, 2.75) is 26.7 Å². The monoisotopic (exact) mass is 315 g/mol. The van der Waals surface area contributed by atoms with E-state index in [1.165, 1.54) is 0 Å². The molecule has 114 valence electrons. The van der Waals surface area contributed by atoms with E-state index in [2.05, 4.69) is 5.32 Å². The molecule has 0 unspecified atom stereocenters. The molecule has 0 aliphatic rings. The Labute approximate surface area is 135 Å². The summed E-state index contributed by atoms with van der Waals surface area (Å²) in [7, 11) is 0. The van der Waals surface area contributed by atoms with Crippen molar-refractivity contribution in [1.82, 2.24) is 0 Å². The molecule has 0 bridgehead atoms. The fraction of sp³-hybridized carbons (Fsp3) is 0.222. The summed E-state index contributed by atoms with van der Waals surface area (Å²) < 4.78 is 0. The van der Waals surface area contributed by atoms with Crippen molar-refractivity contribution in [3.63, 3.8) is 0 Å². The van der Waals surface area contributed by atoms with E-state index in [0.717, 1.165) is 11.1 Å². The Morgan fingerprint density at radius 3 is 2.36 bits per heavy atom. The molecule has 0 radical (unpaired) electrons. The van der Waals surface area contributed by atoms with Gasteiger partial charge in [-0.3, -0.25) is 9.59 Å². The van der Waals surface area contributed by atoms with Gasteiger partial charge in [-0.2, -0.15) is 0 Å². The smallest absolute Gasteiger partial charge is 0.224 e. The molecule has 0 saturated heterocycles. The standard InChI is InChI=1S/C18H18ClNO2/c1-12-10-13(2)18(15(19)11-12)20-17(22)9-8-16(21)14-6-4-3-5-7-14/h3-7,10-11H,8-9H2,1-2H3,(H,20,22). The summed E-state index contributed by atoms with van der Waals surface area (Å²) in [5, 5.41) is 3.30. The zero-order chi connectivity index (χ0) is 16.1. The maximum Gasteiger partial charge on any atom is 0.224 e. The molecule has 0 spiro atoms. The summed E-state index contributed by atoms with van der Waals surface area (Å²) in [5.74, 6) is -0.249. The van der Waals surface area contributed by atoms with E-state index in [9.17, 15) is 9.59 Å². The van der Waals surface area contributed by atoms with Crippen LogP contribution in [0.15, 0.2) is 42.5 Å². The lowest BCUT2D eigenvalue weighted by Crippen LogP contribution is -2.14. The van der Waals surface area contributed by atoms with Gasteiger partial charge in [-0.05, 0) is 31.0 Å². The van der Waals surface area contributed by atoms with Crippen molar-refractivity contribution < 1.29 is 9.59 Å². The number of benzene rings is 2. The van der Waals surface area contributed by atoms with Gasteiger partial charge in [-0.25, -0.2) is 0 Å². The first-order chi connectivity index (χ1) is 10.5. The first-order valence-electron chi connectivity index (χ1n) is 7.12. The zero-order valence-corrected chi connectivity index (χ0v) is 13.4. The molecule has 0 fully saturated rings. The molecule has 0 aliphatic carbocycles. The lowest BCUT2D eigenvalue weighted by atomic mass is 10.1. The van der Waals surface area contributed by atoms with Gasteiger partial charge in [0, 0.05) is 18.4 Å². The van der Waals surface area contributed by atoms with Crippen LogP contribution in [0, 0.1) is 13.8 Å². The Bertz CT molecular complexity index is 672. The second-order valence-corrected chi connectivity index (χ2v) is 5.68. The van der Waals surface area contributed by atoms with E-state index in [0.29, 0.717) is 16.3 Å². The van der Waals surface area contributed by atoms with Gasteiger partial charge in [0.15, 0.2) is 5.78 Å². The van der Waals surface area contributed by atoms with Gasteiger partial charge in [0.05, 0.1) is 10.7 Å². The number of carbonyl (C=O) groups excluding carboxylic acids is 2. The maximum atomic E-state index is 12.0. The number of aryl methyl sites for hydroxylation is 2. The molecule has 1 N–H and O–H groups in total. The topological polar surface area (TPSA) is 46.2 Å². The van der Waals surface area contributed by atoms with Crippen LogP contribution in [0.2, 0.25) is 5.02 Å². The molecule has 22 heavy (non-hydrogen) atoms. The average molecular weight is 316 g/mol. The van der Waals surface area contributed by atoms with Crippen LogP contribution in [0.4, 0.5) is 5.69 Å². The highest BCUT2D eigenvalue weighted by Gasteiger charge is 2.12. The molecule has 1 amide bonds. The number of hydrogen-bond acceptors (Lipinski definition) is 2. The van der Waals surface area contributed by atoms with Gasteiger partial charge in [0.25, 0.3) is 0 Å². The van der Waals surface area contributed by atoms with E-state index in [1.807, 2.05) is 38.1 Å². The summed E-state index contributed by atoms with van der Waals surface area (Å²) in [5.41, 5.74) is 3.19. The average Bonchev–Trinajstić information content (AvgIpc) is 2.49. The predicted molar refractivity (Wildman–Crippen MR) is 89.6 cm³/mol. The number of carbonyl (C=O) groups is 2.